The Morgan fingerprint density at radius 2 is 2.19 bits per heavy atom. The van der Waals surface area contributed by atoms with Crippen LogP contribution in [0.1, 0.15) is 22.2 Å². The van der Waals surface area contributed by atoms with Crippen LogP contribution in [0.4, 0.5) is 4.39 Å². The lowest BCUT2D eigenvalue weighted by molar-refractivity contribution is 0.000423. The van der Waals surface area contributed by atoms with Crippen molar-refractivity contribution in [3.05, 3.63) is 56.4 Å². The van der Waals surface area contributed by atoms with Crippen LogP contribution in [0.5, 0.6) is 0 Å². The Hall–Kier alpha value is -1.24. The summed E-state index contributed by atoms with van der Waals surface area (Å²) in [5, 5.41) is 4.62. The Bertz CT molecular complexity index is 646. The molecule has 0 radical (unpaired) electrons. The zero-order chi connectivity index (χ0) is 15.5. The molecular formula is C15H15BrFNO2S. The minimum absolute atomic E-state index is 0.179. The van der Waals surface area contributed by atoms with E-state index in [4.69, 9.17) is 4.74 Å². The number of thiophene rings is 1. The Balaban J connectivity index is 2.12. The molecule has 0 aliphatic heterocycles. The number of rotatable bonds is 5. The molecule has 1 unspecified atom stereocenters. The van der Waals surface area contributed by atoms with E-state index in [1.54, 1.807) is 31.2 Å². The summed E-state index contributed by atoms with van der Waals surface area (Å²) in [6, 6.07) is 8.15. The van der Waals surface area contributed by atoms with Gasteiger partial charge in [0.25, 0.3) is 5.91 Å². The average molecular weight is 372 g/mol. The van der Waals surface area contributed by atoms with Crippen LogP contribution in [-0.2, 0) is 10.3 Å². The minimum atomic E-state index is -0.921. The van der Waals surface area contributed by atoms with Gasteiger partial charge in [-0.3, -0.25) is 4.79 Å². The molecule has 21 heavy (non-hydrogen) atoms. The fourth-order valence-corrected chi connectivity index (χ4v) is 3.28. The van der Waals surface area contributed by atoms with Crippen LogP contribution in [-0.4, -0.2) is 19.6 Å². The van der Waals surface area contributed by atoms with Crippen molar-refractivity contribution in [1.29, 1.82) is 0 Å². The average Bonchev–Trinajstić information content (AvgIpc) is 2.91. The molecule has 6 heteroatoms. The van der Waals surface area contributed by atoms with Crippen molar-refractivity contribution in [2.75, 3.05) is 13.7 Å². The van der Waals surface area contributed by atoms with Gasteiger partial charge in [-0.2, -0.15) is 0 Å². The lowest BCUT2D eigenvalue weighted by atomic mass is 9.95. The van der Waals surface area contributed by atoms with Crippen LogP contribution in [0.25, 0.3) is 0 Å². The SMILES string of the molecule is COC(C)(CNC(=O)c1cc(Br)cs1)c1ccccc1F. The summed E-state index contributed by atoms with van der Waals surface area (Å²) in [6.07, 6.45) is 0. The Morgan fingerprint density at radius 1 is 1.48 bits per heavy atom. The molecule has 1 amide bonds. The summed E-state index contributed by atoms with van der Waals surface area (Å²) in [5.41, 5.74) is -0.504. The number of hydrogen-bond acceptors (Lipinski definition) is 3. The smallest absolute Gasteiger partial charge is 0.261 e. The number of halogens is 2. The highest BCUT2D eigenvalue weighted by Gasteiger charge is 2.30. The third-order valence-electron chi connectivity index (χ3n) is 3.27. The summed E-state index contributed by atoms with van der Waals surface area (Å²) < 4.78 is 20.2. The van der Waals surface area contributed by atoms with Gasteiger partial charge in [0.05, 0.1) is 11.4 Å². The van der Waals surface area contributed by atoms with Crippen LogP contribution in [0, 0.1) is 5.82 Å². The molecule has 2 rings (SSSR count). The standard InChI is InChI=1S/C15H15BrFNO2S/c1-15(20-2,11-5-3-4-6-12(11)17)9-18-14(19)13-7-10(16)8-21-13/h3-8H,9H2,1-2H3,(H,18,19). The lowest BCUT2D eigenvalue weighted by Gasteiger charge is -2.29. The first-order chi connectivity index (χ1) is 9.96. The van der Waals surface area contributed by atoms with Crippen LogP contribution in [0.15, 0.2) is 40.2 Å². The zero-order valence-electron chi connectivity index (χ0n) is 11.7. The van der Waals surface area contributed by atoms with Gasteiger partial charge in [-0.25, -0.2) is 4.39 Å². The summed E-state index contributed by atoms with van der Waals surface area (Å²) in [6.45, 7) is 1.93. The van der Waals surface area contributed by atoms with E-state index in [0.29, 0.717) is 10.4 Å². The number of benzene rings is 1. The topological polar surface area (TPSA) is 38.3 Å². The third kappa shape index (κ3) is 3.70. The number of carbonyl (C=O) groups excluding carboxylic acids is 1. The number of hydrogen-bond donors (Lipinski definition) is 1. The third-order valence-corrected chi connectivity index (χ3v) is 4.96. The Kier molecular flexibility index (Phi) is 5.13. The number of carbonyl (C=O) groups is 1. The summed E-state index contributed by atoms with van der Waals surface area (Å²) in [7, 11) is 1.50. The van der Waals surface area contributed by atoms with Crippen LogP contribution < -0.4 is 5.32 Å². The molecular weight excluding hydrogens is 357 g/mol. The van der Waals surface area contributed by atoms with E-state index in [2.05, 4.69) is 21.2 Å². The molecule has 0 saturated heterocycles. The van der Waals surface area contributed by atoms with Crippen molar-refractivity contribution in [2.24, 2.45) is 0 Å². The molecule has 1 heterocycles. The predicted molar refractivity (Wildman–Crippen MR) is 85.1 cm³/mol. The quantitative estimate of drug-likeness (QED) is 0.864. The monoisotopic (exact) mass is 371 g/mol. The normalized spacial score (nSPS) is 13.7. The van der Waals surface area contributed by atoms with E-state index in [1.807, 2.05) is 5.38 Å². The maximum atomic E-state index is 13.9. The van der Waals surface area contributed by atoms with Crippen molar-refractivity contribution in [2.45, 2.75) is 12.5 Å². The summed E-state index contributed by atoms with van der Waals surface area (Å²) in [5.74, 6) is -0.555. The van der Waals surface area contributed by atoms with Crippen molar-refractivity contribution < 1.29 is 13.9 Å². The molecule has 0 spiro atoms. The first-order valence-corrected chi connectivity index (χ1v) is 7.96. The predicted octanol–water partition coefficient (Wildman–Crippen LogP) is 3.94. The van der Waals surface area contributed by atoms with E-state index in [0.717, 1.165) is 4.47 Å². The number of nitrogens with one attached hydrogen (secondary N) is 1. The number of amides is 1. The largest absolute Gasteiger partial charge is 0.372 e. The molecule has 0 aliphatic carbocycles. The molecule has 0 saturated carbocycles. The van der Waals surface area contributed by atoms with E-state index in [1.165, 1.54) is 24.5 Å². The maximum Gasteiger partial charge on any atom is 0.261 e. The van der Waals surface area contributed by atoms with Crippen molar-refractivity contribution in [3.8, 4) is 0 Å². The van der Waals surface area contributed by atoms with E-state index >= 15 is 0 Å². The molecule has 1 aromatic heterocycles. The van der Waals surface area contributed by atoms with E-state index < -0.39 is 5.60 Å². The molecule has 3 nitrogen and oxygen atoms in total. The lowest BCUT2D eigenvalue weighted by Crippen LogP contribution is -2.40. The fraction of sp³-hybridized carbons (Fsp3) is 0.267. The van der Waals surface area contributed by atoms with Crippen molar-refractivity contribution >= 4 is 33.2 Å². The van der Waals surface area contributed by atoms with Crippen LogP contribution in [0.3, 0.4) is 0 Å². The summed E-state index contributed by atoms with van der Waals surface area (Å²) in [4.78, 5) is 12.7. The van der Waals surface area contributed by atoms with Gasteiger partial charge >= 0.3 is 0 Å². The second-order valence-corrected chi connectivity index (χ2v) is 6.55. The van der Waals surface area contributed by atoms with Gasteiger partial charge in [-0.05, 0) is 35.0 Å². The molecule has 0 fully saturated rings. The van der Waals surface area contributed by atoms with Gasteiger partial charge in [0, 0.05) is 22.5 Å². The van der Waals surface area contributed by atoms with Crippen molar-refractivity contribution in [1.82, 2.24) is 5.32 Å². The molecule has 1 aromatic carbocycles. The molecule has 1 atom stereocenters. The highest BCUT2D eigenvalue weighted by Crippen LogP contribution is 2.26. The van der Waals surface area contributed by atoms with Gasteiger partial charge in [-0.15, -0.1) is 11.3 Å². The Labute approximate surface area is 135 Å². The number of ether oxygens (including phenoxy) is 1. The fourth-order valence-electron chi connectivity index (χ4n) is 1.94. The number of methoxy groups -OCH3 is 1. The molecule has 0 bridgehead atoms. The van der Waals surface area contributed by atoms with Crippen LogP contribution in [0.2, 0.25) is 0 Å². The van der Waals surface area contributed by atoms with Gasteiger partial charge in [-0.1, -0.05) is 18.2 Å². The van der Waals surface area contributed by atoms with Gasteiger partial charge in [0.2, 0.25) is 0 Å². The van der Waals surface area contributed by atoms with Gasteiger partial charge in [0.1, 0.15) is 11.4 Å². The van der Waals surface area contributed by atoms with Crippen LogP contribution >= 0.6 is 27.3 Å². The highest BCUT2D eigenvalue weighted by molar-refractivity contribution is 9.10. The first kappa shape index (κ1) is 16.1. The minimum Gasteiger partial charge on any atom is -0.372 e. The van der Waals surface area contributed by atoms with Gasteiger partial charge < -0.3 is 10.1 Å². The molecule has 1 N–H and O–H groups in total. The molecule has 2 aromatic rings. The second kappa shape index (κ2) is 6.68. The summed E-state index contributed by atoms with van der Waals surface area (Å²) >= 11 is 4.65. The van der Waals surface area contributed by atoms with Gasteiger partial charge in [0.15, 0.2) is 0 Å². The molecule has 112 valence electrons. The maximum absolute atomic E-state index is 13.9. The Morgan fingerprint density at radius 3 is 2.76 bits per heavy atom. The van der Waals surface area contributed by atoms with Crippen molar-refractivity contribution in [3.63, 3.8) is 0 Å². The second-order valence-electron chi connectivity index (χ2n) is 4.73. The highest BCUT2D eigenvalue weighted by atomic mass is 79.9. The molecule has 0 aliphatic rings. The first-order valence-electron chi connectivity index (χ1n) is 6.28. The van der Waals surface area contributed by atoms with E-state index in [9.17, 15) is 9.18 Å². The zero-order valence-corrected chi connectivity index (χ0v) is 14.1. The van der Waals surface area contributed by atoms with E-state index in [-0.39, 0.29) is 18.3 Å².